The highest BCUT2D eigenvalue weighted by atomic mass is 35.5. The molecule has 0 fully saturated rings. The van der Waals surface area contributed by atoms with Gasteiger partial charge in [-0.05, 0) is 42.8 Å². The summed E-state index contributed by atoms with van der Waals surface area (Å²) in [7, 11) is 0. The lowest BCUT2D eigenvalue weighted by Gasteiger charge is -2.11. The Balaban J connectivity index is 1.45. The minimum atomic E-state index is -0.384. The van der Waals surface area contributed by atoms with Gasteiger partial charge in [-0.2, -0.15) is 0 Å². The molecule has 1 aromatic heterocycles. The Morgan fingerprint density at radius 3 is 2.44 bits per heavy atom. The van der Waals surface area contributed by atoms with Gasteiger partial charge in [-0.1, -0.05) is 77.5 Å². The summed E-state index contributed by atoms with van der Waals surface area (Å²) < 4.78 is 1.89. The lowest BCUT2D eigenvalue weighted by molar-refractivity contribution is -0.119. The van der Waals surface area contributed by atoms with Crippen LogP contribution in [0, 0.1) is 6.92 Å². The van der Waals surface area contributed by atoms with Gasteiger partial charge in [0.1, 0.15) is 5.82 Å². The summed E-state index contributed by atoms with van der Waals surface area (Å²) in [5.41, 5.74) is 8.28. The van der Waals surface area contributed by atoms with Crippen molar-refractivity contribution in [3.63, 3.8) is 0 Å². The molecule has 0 aliphatic carbocycles. The largest absolute Gasteiger partial charge is 0.274 e. The molecule has 0 aliphatic heterocycles. The van der Waals surface area contributed by atoms with Crippen molar-refractivity contribution >= 4 is 35.2 Å². The normalized spacial score (nSPS) is 10.6. The van der Waals surface area contributed by atoms with Crippen molar-refractivity contribution < 1.29 is 9.59 Å². The fraction of sp³-hybridized carbons (Fsp3) is 0.120. The van der Waals surface area contributed by atoms with Gasteiger partial charge in [0, 0.05) is 17.0 Å². The summed E-state index contributed by atoms with van der Waals surface area (Å²) in [5, 5.41) is 9.81. The number of carbonyl (C=O) groups excluding carboxylic acids is 2. The third-order valence-electron chi connectivity index (χ3n) is 4.93. The van der Waals surface area contributed by atoms with Crippen molar-refractivity contribution in [3.05, 3.63) is 106 Å². The number of carbonyl (C=O) groups is 2. The number of nitrogens with one attached hydrogen (secondary N) is 2. The summed E-state index contributed by atoms with van der Waals surface area (Å²) >= 11 is 7.44. The number of benzene rings is 3. The van der Waals surface area contributed by atoms with Crippen LogP contribution in [-0.4, -0.2) is 32.3 Å². The monoisotopic (exact) mass is 491 g/mol. The molecule has 4 rings (SSSR count). The van der Waals surface area contributed by atoms with Gasteiger partial charge >= 0.3 is 0 Å². The Hall–Kier alpha value is -3.62. The van der Waals surface area contributed by atoms with Crippen LogP contribution in [0.2, 0.25) is 5.02 Å². The fourth-order valence-corrected chi connectivity index (χ4v) is 4.19. The Kier molecular flexibility index (Phi) is 7.61. The third-order valence-corrected chi connectivity index (χ3v) is 6.10. The zero-order chi connectivity index (χ0) is 23.9. The summed E-state index contributed by atoms with van der Waals surface area (Å²) in [6.07, 6.45) is 0.569. The highest BCUT2D eigenvalue weighted by Gasteiger charge is 2.17. The van der Waals surface area contributed by atoms with Crippen LogP contribution in [0.25, 0.3) is 5.69 Å². The number of nitrogens with zero attached hydrogens (tertiary/aromatic N) is 3. The predicted molar refractivity (Wildman–Crippen MR) is 133 cm³/mol. The zero-order valence-corrected chi connectivity index (χ0v) is 19.9. The minimum absolute atomic E-state index is 0.0399. The molecule has 0 spiro atoms. The van der Waals surface area contributed by atoms with Gasteiger partial charge < -0.3 is 0 Å². The average molecular weight is 492 g/mol. The number of aryl methyl sites for hydroxylation is 1. The first-order valence-electron chi connectivity index (χ1n) is 10.5. The van der Waals surface area contributed by atoms with Crippen LogP contribution in [0.4, 0.5) is 0 Å². The van der Waals surface area contributed by atoms with Crippen LogP contribution in [0.5, 0.6) is 0 Å². The molecular formula is C25H22ClN5O2S. The van der Waals surface area contributed by atoms with E-state index in [2.05, 4.69) is 21.0 Å². The summed E-state index contributed by atoms with van der Waals surface area (Å²) in [6.45, 7) is 1.94. The highest BCUT2D eigenvalue weighted by molar-refractivity contribution is 7.99. The molecule has 2 N–H and O–H groups in total. The SMILES string of the molecule is Cc1ccc(C(=O)NNC(=O)CSc2nnc(Cc3ccccc3)n2-c2cccc(Cl)c2)cc1. The summed E-state index contributed by atoms with van der Waals surface area (Å²) in [5.74, 6) is 0.0171. The van der Waals surface area contributed by atoms with E-state index in [1.54, 1.807) is 18.2 Å². The molecule has 0 radical (unpaired) electrons. The van der Waals surface area contributed by atoms with Gasteiger partial charge in [-0.25, -0.2) is 0 Å². The molecular weight excluding hydrogens is 470 g/mol. The second kappa shape index (κ2) is 11.0. The maximum absolute atomic E-state index is 12.4. The first-order chi connectivity index (χ1) is 16.5. The maximum Gasteiger partial charge on any atom is 0.269 e. The molecule has 0 saturated heterocycles. The van der Waals surface area contributed by atoms with Crippen LogP contribution in [0.3, 0.4) is 0 Å². The number of hydrazine groups is 1. The number of hydrogen-bond acceptors (Lipinski definition) is 5. The molecule has 0 aliphatic rings. The van der Waals surface area contributed by atoms with Crippen molar-refractivity contribution in [2.45, 2.75) is 18.5 Å². The van der Waals surface area contributed by atoms with Crippen molar-refractivity contribution in [1.29, 1.82) is 0 Å². The minimum Gasteiger partial charge on any atom is -0.274 e. The molecule has 9 heteroatoms. The van der Waals surface area contributed by atoms with Gasteiger partial charge in [0.25, 0.3) is 5.91 Å². The molecule has 0 unspecified atom stereocenters. The number of halogens is 1. The number of thioether (sulfide) groups is 1. The lowest BCUT2D eigenvalue weighted by atomic mass is 10.1. The molecule has 1 heterocycles. The first-order valence-corrected chi connectivity index (χ1v) is 11.9. The Morgan fingerprint density at radius 1 is 0.941 bits per heavy atom. The molecule has 172 valence electrons. The maximum atomic E-state index is 12.4. The van der Waals surface area contributed by atoms with Crippen LogP contribution < -0.4 is 10.9 Å². The fourth-order valence-electron chi connectivity index (χ4n) is 3.23. The predicted octanol–water partition coefficient (Wildman–Crippen LogP) is 4.37. The zero-order valence-electron chi connectivity index (χ0n) is 18.4. The lowest BCUT2D eigenvalue weighted by Crippen LogP contribution is -2.42. The van der Waals surface area contributed by atoms with E-state index in [4.69, 9.17) is 11.6 Å². The molecule has 0 atom stereocenters. The molecule has 34 heavy (non-hydrogen) atoms. The standard InChI is InChI=1S/C25H22ClN5O2S/c1-17-10-12-19(13-11-17)24(33)29-28-23(32)16-34-25-30-27-22(14-18-6-3-2-4-7-18)31(25)21-9-5-8-20(26)15-21/h2-13,15H,14,16H2,1H3,(H,28,32)(H,29,33). The summed E-state index contributed by atoms with van der Waals surface area (Å²) in [6, 6.07) is 24.4. The quantitative estimate of drug-likeness (QED) is 0.296. The van der Waals surface area contributed by atoms with E-state index in [1.165, 1.54) is 11.8 Å². The van der Waals surface area contributed by atoms with E-state index in [1.807, 2.05) is 72.2 Å². The van der Waals surface area contributed by atoms with Gasteiger partial charge in [0.2, 0.25) is 5.91 Å². The van der Waals surface area contributed by atoms with Gasteiger partial charge in [0.15, 0.2) is 5.16 Å². The highest BCUT2D eigenvalue weighted by Crippen LogP contribution is 2.25. The smallest absolute Gasteiger partial charge is 0.269 e. The van der Waals surface area contributed by atoms with Gasteiger partial charge in [-0.3, -0.25) is 25.0 Å². The number of hydrogen-bond donors (Lipinski definition) is 2. The van der Waals surface area contributed by atoms with Crippen molar-refractivity contribution in [3.8, 4) is 5.69 Å². The Morgan fingerprint density at radius 2 is 1.71 bits per heavy atom. The molecule has 0 saturated carbocycles. The van der Waals surface area contributed by atoms with Crippen LogP contribution in [0.1, 0.15) is 27.3 Å². The molecule has 7 nitrogen and oxygen atoms in total. The van der Waals surface area contributed by atoms with E-state index in [-0.39, 0.29) is 17.6 Å². The second-order valence-corrected chi connectivity index (χ2v) is 8.91. The van der Waals surface area contributed by atoms with E-state index < -0.39 is 0 Å². The number of amides is 2. The molecule has 4 aromatic rings. The first kappa shape index (κ1) is 23.5. The van der Waals surface area contributed by atoms with Gasteiger partial charge in [-0.15, -0.1) is 10.2 Å². The molecule has 2 amide bonds. The number of aromatic nitrogens is 3. The van der Waals surface area contributed by atoms with E-state index in [0.29, 0.717) is 22.2 Å². The topological polar surface area (TPSA) is 88.9 Å². The Labute approximate surface area is 206 Å². The molecule has 3 aromatic carbocycles. The molecule has 0 bridgehead atoms. The van der Waals surface area contributed by atoms with Crippen molar-refractivity contribution in [2.75, 3.05) is 5.75 Å². The number of rotatable bonds is 7. The van der Waals surface area contributed by atoms with Crippen LogP contribution in [-0.2, 0) is 11.2 Å². The van der Waals surface area contributed by atoms with E-state index in [9.17, 15) is 9.59 Å². The third kappa shape index (κ3) is 6.03. The average Bonchev–Trinajstić information content (AvgIpc) is 3.24. The Bertz CT molecular complexity index is 1290. The van der Waals surface area contributed by atoms with E-state index in [0.717, 1.165) is 22.6 Å². The van der Waals surface area contributed by atoms with Gasteiger partial charge in [0.05, 0.1) is 11.4 Å². The summed E-state index contributed by atoms with van der Waals surface area (Å²) in [4.78, 5) is 24.6. The van der Waals surface area contributed by atoms with Crippen molar-refractivity contribution in [1.82, 2.24) is 25.6 Å². The second-order valence-electron chi connectivity index (χ2n) is 7.53. The van der Waals surface area contributed by atoms with E-state index >= 15 is 0 Å². The van der Waals surface area contributed by atoms with Crippen LogP contribution >= 0.6 is 23.4 Å². The van der Waals surface area contributed by atoms with Crippen LogP contribution in [0.15, 0.2) is 84.0 Å². The van der Waals surface area contributed by atoms with Crippen molar-refractivity contribution in [2.24, 2.45) is 0 Å².